The number of benzene rings is 2. The zero-order valence-corrected chi connectivity index (χ0v) is 13.1. The second kappa shape index (κ2) is 6.10. The Labute approximate surface area is 133 Å². The fourth-order valence-electron chi connectivity index (χ4n) is 2.37. The maximum atomic E-state index is 11.8. The standard InChI is InChI=1S/C16H15ClN2OS/c1-18-15-13-7-6-12(8-14(13)19-16(15)20)21-9-10-2-4-11(17)5-3-10/h2-8,15,18H,9H2,1H3,(H,19,20). The Morgan fingerprint density at radius 3 is 2.71 bits per heavy atom. The van der Waals surface area contributed by atoms with E-state index in [-0.39, 0.29) is 11.9 Å². The molecule has 0 aliphatic carbocycles. The van der Waals surface area contributed by atoms with Gasteiger partial charge in [-0.05, 0) is 36.9 Å². The summed E-state index contributed by atoms with van der Waals surface area (Å²) in [6.07, 6.45) is 0. The Hall–Kier alpha value is -1.49. The highest BCUT2D eigenvalue weighted by Crippen LogP contribution is 2.34. The predicted molar refractivity (Wildman–Crippen MR) is 87.9 cm³/mol. The third-order valence-corrected chi connectivity index (χ3v) is 4.78. The quantitative estimate of drug-likeness (QED) is 0.841. The van der Waals surface area contributed by atoms with Gasteiger partial charge in [-0.2, -0.15) is 0 Å². The number of likely N-dealkylation sites (N-methyl/N-ethyl adjacent to an activating group) is 1. The van der Waals surface area contributed by atoms with E-state index < -0.39 is 0 Å². The van der Waals surface area contributed by atoms with Crippen molar-refractivity contribution < 1.29 is 4.79 Å². The predicted octanol–water partition coefficient (Wildman–Crippen LogP) is 3.84. The second-order valence-corrected chi connectivity index (χ2v) is 6.36. The maximum Gasteiger partial charge on any atom is 0.246 e. The number of thioether (sulfide) groups is 1. The number of halogens is 1. The first-order chi connectivity index (χ1) is 10.2. The summed E-state index contributed by atoms with van der Waals surface area (Å²) in [4.78, 5) is 12.9. The van der Waals surface area contributed by atoms with Crippen molar-refractivity contribution in [3.05, 3.63) is 58.6 Å². The normalized spacial score (nSPS) is 16.7. The highest BCUT2D eigenvalue weighted by atomic mass is 35.5. The van der Waals surface area contributed by atoms with Crippen LogP contribution in [0.15, 0.2) is 47.4 Å². The fourth-order valence-corrected chi connectivity index (χ4v) is 3.38. The minimum Gasteiger partial charge on any atom is -0.324 e. The van der Waals surface area contributed by atoms with Gasteiger partial charge in [0.2, 0.25) is 5.91 Å². The molecule has 5 heteroatoms. The van der Waals surface area contributed by atoms with Crippen LogP contribution < -0.4 is 10.6 Å². The van der Waals surface area contributed by atoms with E-state index in [4.69, 9.17) is 11.6 Å². The Kier molecular flexibility index (Phi) is 4.19. The highest BCUT2D eigenvalue weighted by molar-refractivity contribution is 7.98. The average Bonchev–Trinajstić information content (AvgIpc) is 2.81. The lowest BCUT2D eigenvalue weighted by Crippen LogP contribution is -2.23. The summed E-state index contributed by atoms with van der Waals surface area (Å²) < 4.78 is 0. The van der Waals surface area contributed by atoms with Crippen molar-refractivity contribution in [2.24, 2.45) is 0 Å². The molecule has 1 unspecified atom stereocenters. The lowest BCUT2D eigenvalue weighted by molar-refractivity contribution is -0.117. The van der Waals surface area contributed by atoms with Gasteiger partial charge in [0.15, 0.2) is 0 Å². The lowest BCUT2D eigenvalue weighted by Gasteiger charge is -2.07. The number of nitrogens with one attached hydrogen (secondary N) is 2. The Morgan fingerprint density at radius 1 is 1.24 bits per heavy atom. The van der Waals surface area contributed by atoms with Crippen LogP contribution in [0.2, 0.25) is 5.02 Å². The molecule has 3 rings (SSSR count). The number of carbonyl (C=O) groups excluding carboxylic acids is 1. The fraction of sp³-hybridized carbons (Fsp3) is 0.188. The third-order valence-electron chi connectivity index (χ3n) is 3.46. The summed E-state index contributed by atoms with van der Waals surface area (Å²) in [7, 11) is 1.79. The van der Waals surface area contributed by atoms with Crippen LogP contribution in [0.5, 0.6) is 0 Å². The molecule has 2 aromatic carbocycles. The lowest BCUT2D eigenvalue weighted by atomic mass is 10.1. The van der Waals surface area contributed by atoms with Gasteiger partial charge < -0.3 is 10.6 Å². The van der Waals surface area contributed by atoms with Gasteiger partial charge in [0.25, 0.3) is 0 Å². The van der Waals surface area contributed by atoms with Crippen molar-refractivity contribution in [1.82, 2.24) is 5.32 Å². The molecule has 1 amide bonds. The van der Waals surface area contributed by atoms with Crippen molar-refractivity contribution in [3.63, 3.8) is 0 Å². The van der Waals surface area contributed by atoms with Crippen molar-refractivity contribution in [2.45, 2.75) is 16.7 Å². The molecule has 1 heterocycles. The molecule has 108 valence electrons. The topological polar surface area (TPSA) is 41.1 Å². The molecular formula is C16H15ClN2OS. The van der Waals surface area contributed by atoms with Crippen LogP contribution in [0, 0.1) is 0 Å². The molecule has 1 aliphatic rings. The molecule has 3 nitrogen and oxygen atoms in total. The summed E-state index contributed by atoms with van der Waals surface area (Å²) >= 11 is 7.62. The van der Waals surface area contributed by atoms with E-state index in [1.807, 2.05) is 36.4 Å². The van der Waals surface area contributed by atoms with Crippen LogP contribution in [0.25, 0.3) is 0 Å². The van der Waals surface area contributed by atoms with Crippen LogP contribution >= 0.6 is 23.4 Å². The van der Waals surface area contributed by atoms with Gasteiger partial charge in [0.05, 0.1) is 0 Å². The minimum absolute atomic E-state index is 0.00681. The van der Waals surface area contributed by atoms with Crippen LogP contribution in [-0.4, -0.2) is 13.0 Å². The number of anilines is 1. The van der Waals surface area contributed by atoms with Gasteiger partial charge >= 0.3 is 0 Å². The van der Waals surface area contributed by atoms with Gasteiger partial charge in [-0.1, -0.05) is 29.8 Å². The van der Waals surface area contributed by atoms with E-state index in [0.717, 1.165) is 26.9 Å². The van der Waals surface area contributed by atoms with Gasteiger partial charge in [-0.15, -0.1) is 11.8 Å². The molecule has 0 saturated heterocycles. The molecule has 0 aromatic heterocycles. The number of carbonyl (C=O) groups is 1. The Morgan fingerprint density at radius 2 is 2.00 bits per heavy atom. The van der Waals surface area contributed by atoms with Crippen molar-refractivity contribution >= 4 is 35.0 Å². The van der Waals surface area contributed by atoms with Gasteiger partial charge in [0.1, 0.15) is 6.04 Å². The molecule has 21 heavy (non-hydrogen) atoms. The monoisotopic (exact) mass is 318 g/mol. The highest BCUT2D eigenvalue weighted by Gasteiger charge is 2.28. The Bertz CT molecular complexity index is 672. The second-order valence-electron chi connectivity index (χ2n) is 4.88. The average molecular weight is 319 g/mol. The Balaban J connectivity index is 1.72. The summed E-state index contributed by atoms with van der Waals surface area (Å²) in [5.74, 6) is 0.881. The summed E-state index contributed by atoms with van der Waals surface area (Å²) in [5, 5.41) is 6.69. The SMILES string of the molecule is CNC1C(=O)Nc2cc(SCc3ccc(Cl)cc3)ccc21. The van der Waals surface area contributed by atoms with Crippen LogP contribution in [-0.2, 0) is 10.5 Å². The summed E-state index contributed by atoms with van der Waals surface area (Å²) in [6, 6.07) is 13.7. The van der Waals surface area contributed by atoms with E-state index >= 15 is 0 Å². The molecule has 0 radical (unpaired) electrons. The van der Waals surface area contributed by atoms with Crippen LogP contribution in [0.4, 0.5) is 5.69 Å². The molecule has 2 aromatic rings. The smallest absolute Gasteiger partial charge is 0.246 e. The molecular weight excluding hydrogens is 304 g/mol. The van der Waals surface area contributed by atoms with Crippen molar-refractivity contribution in [3.8, 4) is 0 Å². The van der Waals surface area contributed by atoms with Crippen LogP contribution in [0.3, 0.4) is 0 Å². The zero-order chi connectivity index (χ0) is 14.8. The first-order valence-electron chi connectivity index (χ1n) is 6.66. The summed E-state index contributed by atoms with van der Waals surface area (Å²) in [6.45, 7) is 0. The summed E-state index contributed by atoms with van der Waals surface area (Å²) in [5.41, 5.74) is 3.14. The molecule has 0 fully saturated rings. The molecule has 2 N–H and O–H groups in total. The first-order valence-corrected chi connectivity index (χ1v) is 8.03. The van der Waals surface area contributed by atoms with E-state index in [1.54, 1.807) is 18.8 Å². The van der Waals surface area contributed by atoms with Gasteiger partial charge in [0, 0.05) is 26.9 Å². The molecule has 1 atom stereocenters. The molecule has 0 spiro atoms. The largest absolute Gasteiger partial charge is 0.324 e. The zero-order valence-electron chi connectivity index (χ0n) is 11.5. The number of hydrogen-bond acceptors (Lipinski definition) is 3. The molecule has 0 saturated carbocycles. The number of rotatable bonds is 4. The number of amides is 1. The van der Waals surface area contributed by atoms with E-state index in [9.17, 15) is 4.79 Å². The number of hydrogen-bond donors (Lipinski definition) is 2. The minimum atomic E-state index is -0.240. The first kappa shape index (κ1) is 14.4. The third kappa shape index (κ3) is 3.07. The van der Waals surface area contributed by atoms with Crippen molar-refractivity contribution in [2.75, 3.05) is 12.4 Å². The van der Waals surface area contributed by atoms with Crippen molar-refractivity contribution in [1.29, 1.82) is 0 Å². The molecule has 1 aliphatic heterocycles. The molecule has 0 bridgehead atoms. The van der Waals surface area contributed by atoms with Gasteiger partial charge in [-0.3, -0.25) is 4.79 Å². The van der Waals surface area contributed by atoms with Crippen LogP contribution in [0.1, 0.15) is 17.2 Å². The maximum absolute atomic E-state index is 11.8. The van der Waals surface area contributed by atoms with E-state index in [2.05, 4.69) is 16.7 Å². The number of fused-ring (bicyclic) bond motifs is 1. The van der Waals surface area contributed by atoms with Gasteiger partial charge in [-0.25, -0.2) is 0 Å². The van der Waals surface area contributed by atoms with E-state index in [0.29, 0.717) is 0 Å². The van der Waals surface area contributed by atoms with E-state index in [1.165, 1.54) is 5.56 Å².